The Labute approximate surface area is 93.2 Å². The molecule has 0 unspecified atom stereocenters. The first kappa shape index (κ1) is 18.4. The van der Waals surface area contributed by atoms with E-state index in [1.807, 2.05) is 0 Å². The van der Waals surface area contributed by atoms with E-state index in [1.165, 1.54) is 0 Å². The molecule has 0 N–H and O–H groups in total. The van der Waals surface area contributed by atoms with Crippen LogP contribution in [0.1, 0.15) is 27.7 Å². The minimum absolute atomic E-state index is 0. The zero-order valence-corrected chi connectivity index (χ0v) is 9.85. The molecule has 74 valence electrons. The molecule has 4 nitrogen and oxygen atoms in total. The van der Waals surface area contributed by atoms with Gasteiger partial charge in [-0.1, -0.05) is 27.7 Å². The Bertz CT molecular complexity index is 136. The van der Waals surface area contributed by atoms with Gasteiger partial charge in [-0.15, -0.1) is 0 Å². The molecule has 0 aromatic carbocycles. The fourth-order valence-corrected chi connectivity index (χ4v) is 0. The standard InChI is InChI=1S/2C4H8O2.Ti/c2*1-3(2)4(5)6;/h2*3H,1-2H3,(H,5,6);/q;;+2/p-2. The van der Waals surface area contributed by atoms with Crippen LogP contribution in [0.3, 0.4) is 0 Å². The summed E-state index contributed by atoms with van der Waals surface area (Å²) >= 11 is 0. The average Bonchev–Trinajstić information content (AvgIpc) is 1.88. The average molecular weight is 222 g/mol. The third-order valence-corrected chi connectivity index (χ3v) is 0.943. The van der Waals surface area contributed by atoms with Crippen LogP contribution in [0, 0.1) is 11.8 Å². The fraction of sp³-hybridized carbons (Fsp3) is 0.750. The molecule has 0 aliphatic carbocycles. The van der Waals surface area contributed by atoms with Crippen molar-refractivity contribution < 1.29 is 41.5 Å². The predicted molar refractivity (Wildman–Crippen MR) is 39.7 cm³/mol. The van der Waals surface area contributed by atoms with E-state index in [2.05, 4.69) is 0 Å². The molecule has 0 aromatic heterocycles. The number of carboxylic acid groups (broad SMARTS) is 2. The molecule has 0 aromatic rings. The Morgan fingerprint density at radius 1 is 0.846 bits per heavy atom. The number of carboxylic acids is 2. The van der Waals surface area contributed by atoms with Gasteiger partial charge in [0.2, 0.25) is 0 Å². The van der Waals surface area contributed by atoms with Gasteiger partial charge in [-0.25, -0.2) is 0 Å². The Balaban J connectivity index is -0.000000143. The normalized spacial score (nSPS) is 8.46. The number of aliphatic carboxylic acids is 2. The molecule has 0 fully saturated rings. The van der Waals surface area contributed by atoms with E-state index in [0.717, 1.165) is 0 Å². The second-order valence-corrected chi connectivity index (χ2v) is 2.95. The smallest absolute Gasteiger partial charge is 0.550 e. The van der Waals surface area contributed by atoms with Crippen molar-refractivity contribution in [1.29, 1.82) is 0 Å². The third kappa shape index (κ3) is 18.5. The molecular formula is C8H14O4Ti. The molecule has 0 atom stereocenters. The summed E-state index contributed by atoms with van der Waals surface area (Å²) in [6.45, 7) is 6.31. The van der Waals surface area contributed by atoms with E-state index in [-0.39, 0.29) is 33.6 Å². The Kier molecular flexibility index (Phi) is 13.8. The summed E-state index contributed by atoms with van der Waals surface area (Å²) in [5.74, 6) is -2.67. The molecule has 0 rings (SSSR count). The maximum absolute atomic E-state index is 9.59. The molecule has 0 spiro atoms. The van der Waals surface area contributed by atoms with Crippen molar-refractivity contribution in [3.63, 3.8) is 0 Å². The van der Waals surface area contributed by atoms with Crippen molar-refractivity contribution in [3.8, 4) is 0 Å². The van der Waals surface area contributed by atoms with Gasteiger partial charge in [0.25, 0.3) is 0 Å². The Hall–Kier alpha value is -0.346. The third-order valence-electron chi connectivity index (χ3n) is 0.943. The van der Waals surface area contributed by atoms with Crippen molar-refractivity contribution in [2.45, 2.75) is 27.7 Å². The summed E-state index contributed by atoms with van der Waals surface area (Å²) in [5, 5.41) is 19.2. The van der Waals surface area contributed by atoms with Crippen LogP contribution in [0.4, 0.5) is 0 Å². The Morgan fingerprint density at radius 2 is 0.923 bits per heavy atom. The van der Waals surface area contributed by atoms with Crippen LogP contribution in [0.15, 0.2) is 0 Å². The second-order valence-electron chi connectivity index (χ2n) is 2.95. The van der Waals surface area contributed by atoms with Crippen LogP contribution >= 0.6 is 0 Å². The summed E-state index contributed by atoms with van der Waals surface area (Å²) < 4.78 is 0. The van der Waals surface area contributed by atoms with Crippen LogP contribution < -0.4 is 10.2 Å². The first-order valence-corrected chi connectivity index (χ1v) is 3.70. The van der Waals surface area contributed by atoms with Crippen molar-refractivity contribution in [3.05, 3.63) is 0 Å². The van der Waals surface area contributed by atoms with Gasteiger partial charge in [-0.05, 0) is 11.8 Å². The number of hydrogen-bond donors (Lipinski definition) is 0. The fourth-order valence-electron chi connectivity index (χ4n) is 0. The van der Waals surface area contributed by atoms with Gasteiger partial charge in [-0.2, -0.15) is 0 Å². The minimum Gasteiger partial charge on any atom is -0.550 e. The Morgan fingerprint density at radius 3 is 0.923 bits per heavy atom. The van der Waals surface area contributed by atoms with E-state index in [1.54, 1.807) is 27.7 Å². The van der Waals surface area contributed by atoms with Crippen molar-refractivity contribution in [2.24, 2.45) is 11.8 Å². The van der Waals surface area contributed by atoms with Crippen LogP contribution in [0.25, 0.3) is 0 Å². The maximum atomic E-state index is 9.59. The second kappa shape index (κ2) is 9.74. The molecule has 0 bridgehead atoms. The van der Waals surface area contributed by atoms with E-state index >= 15 is 0 Å². The van der Waals surface area contributed by atoms with Gasteiger partial charge in [0.05, 0.1) is 0 Å². The van der Waals surface area contributed by atoms with Gasteiger partial charge in [0.15, 0.2) is 0 Å². The van der Waals surface area contributed by atoms with Gasteiger partial charge in [0.1, 0.15) is 0 Å². The molecule has 0 saturated carbocycles. The topological polar surface area (TPSA) is 80.3 Å². The van der Waals surface area contributed by atoms with Crippen LogP contribution in [-0.2, 0) is 31.3 Å². The molecule has 5 heteroatoms. The maximum Gasteiger partial charge on any atom is 2.00 e. The summed E-state index contributed by atoms with van der Waals surface area (Å²) in [4.78, 5) is 19.2. The molecular weight excluding hydrogens is 208 g/mol. The quantitative estimate of drug-likeness (QED) is 0.548. The van der Waals surface area contributed by atoms with E-state index in [4.69, 9.17) is 0 Å². The molecule has 0 radical (unpaired) electrons. The first-order valence-electron chi connectivity index (χ1n) is 3.70. The van der Waals surface area contributed by atoms with Crippen molar-refractivity contribution in [1.82, 2.24) is 0 Å². The summed E-state index contributed by atoms with van der Waals surface area (Å²) in [6.07, 6.45) is 0. The first-order chi connectivity index (χ1) is 5.29. The van der Waals surface area contributed by atoms with Gasteiger partial charge >= 0.3 is 21.7 Å². The zero-order valence-electron chi connectivity index (χ0n) is 8.29. The van der Waals surface area contributed by atoms with Crippen LogP contribution in [-0.4, -0.2) is 11.9 Å². The zero-order chi connectivity index (χ0) is 10.3. The number of carbonyl (C=O) groups excluding carboxylic acids is 2. The summed E-state index contributed by atoms with van der Waals surface area (Å²) in [6, 6.07) is 0. The van der Waals surface area contributed by atoms with E-state index in [0.29, 0.717) is 0 Å². The van der Waals surface area contributed by atoms with Gasteiger partial charge < -0.3 is 19.8 Å². The SMILES string of the molecule is CC(C)C(=O)[O-].CC(C)C(=O)[O-].[Ti+2]. The summed E-state index contributed by atoms with van der Waals surface area (Å²) in [7, 11) is 0. The molecule has 0 amide bonds. The molecule has 0 saturated heterocycles. The van der Waals surface area contributed by atoms with Crippen molar-refractivity contribution >= 4 is 11.9 Å². The van der Waals surface area contributed by atoms with E-state index < -0.39 is 11.9 Å². The van der Waals surface area contributed by atoms with Crippen LogP contribution in [0.5, 0.6) is 0 Å². The predicted octanol–water partition coefficient (Wildman–Crippen LogP) is -1.22. The van der Waals surface area contributed by atoms with Crippen LogP contribution in [0.2, 0.25) is 0 Å². The number of rotatable bonds is 2. The molecule has 0 aliphatic heterocycles. The van der Waals surface area contributed by atoms with E-state index in [9.17, 15) is 19.8 Å². The van der Waals surface area contributed by atoms with Gasteiger partial charge in [0, 0.05) is 11.9 Å². The molecule has 0 heterocycles. The largest absolute Gasteiger partial charge is 2.00 e. The molecule has 0 aliphatic rings. The molecule has 13 heavy (non-hydrogen) atoms. The minimum atomic E-state index is -0.991. The monoisotopic (exact) mass is 222 g/mol. The van der Waals surface area contributed by atoms with Gasteiger partial charge in [-0.3, -0.25) is 0 Å². The summed E-state index contributed by atoms with van der Waals surface area (Å²) in [5.41, 5.74) is 0. The van der Waals surface area contributed by atoms with Crippen molar-refractivity contribution in [2.75, 3.05) is 0 Å². The number of hydrogen-bond acceptors (Lipinski definition) is 4. The number of carbonyl (C=O) groups is 2.